The third-order valence-electron chi connectivity index (χ3n) is 4.42. The summed E-state index contributed by atoms with van der Waals surface area (Å²) in [5.41, 5.74) is 0.907. The SMILES string of the molecule is C[C@H](NC(=O)CN(C)Cc1ccc(C(F)(F)F)cc1)c1ccc2c(c1)OCO2. The van der Waals surface area contributed by atoms with Crippen molar-refractivity contribution in [2.45, 2.75) is 25.7 Å². The van der Waals surface area contributed by atoms with E-state index in [4.69, 9.17) is 9.47 Å². The number of hydrogen-bond donors (Lipinski definition) is 1. The minimum Gasteiger partial charge on any atom is -0.454 e. The summed E-state index contributed by atoms with van der Waals surface area (Å²) in [5, 5.41) is 2.91. The molecule has 0 saturated carbocycles. The summed E-state index contributed by atoms with van der Waals surface area (Å²) >= 11 is 0. The van der Waals surface area contributed by atoms with Gasteiger partial charge in [0.15, 0.2) is 11.5 Å². The van der Waals surface area contributed by atoms with Crippen LogP contribution in [0.3, 0.4) is 0 Å². The van der Waals surface area contributed by atoms with Gasteiger partial charge in [-0.05, 0) is 49.4 Å². The smallest absolute Gasteiger partial charge is 0.416 e. The summed E-state index contributed by atoms with van der Waals surface area (Å²) in [7, 11) is 1.74. The van der Waals surface area contributed by atoms with Crippen LogP contribution < -0.4 is 14.8 Å². The van der Waals surface area contributed by atoms with E-state index in [1.807, 2.05) is 19.1 Å². The van der Waals surface area contributed by atoms with Crippen LogP contribution in [0, 0.1) is 0 Å². The number of carbonyl (C=O) groups is 1. The van der Waals surface area contributed by atoms with Crippen LogP contribution in [0.4, 0.5) is 13.2 Å². The predicted molar refractivity (Wildman–Crippen MR) is 96.9 cm³/mol. The summed E-state index contributed by atoms with van der Waals surface area (Å²) in [4.78, 5) is 14.0. The Kier molecular flexibility index (Phi) is 5.79. The highest BCUT2D eigenvalue weighted by Gasteiger charge is 2.30. The molecule has 0 unspecified atom stereocenters. The Labute approximate surface area is 161 Å². The Balaban J connectivity index is 1.51. The van der Waals surface area contributed by atoms with Crippen molar-refractivity contribution in [1.29, 1.82) is 0 Å². The van der Waals surface area contributed by atoms with E-state index in [0.29, 0.717) is 23.6 Å². The van der Waals surface area contributed by atoms with Crippen molar-refractivity contribution in [1.82, 2.24) is 10.2 Å². The first kappa shape index (κ1) is 20.0. The molecule has 0 bridgehead atoms. The number of rotatable bonds is 6. The first-order valence-electron chi connectivity index (χ1n) is 8.76. The molecule has 150 valence electrons. The number of nitrogens with zero attached hydrogens (tertiary/aromatic N) is 1. The lowest BCUT2D eigenvalue weighted by Gasteiger charge is -2.19. The lowest BCUT2D eigenvalue weighted by molar-refractivity contribution is -0.137. The minimum absolute atomic E-state index is 0.121. The first-order chi connectivity index (χ1) is 13.2. The van der Waals surface area contributed by atoms with E-state index >= 15 is 0 Å². The second-order valence-electron chi connectivity index (χ2n) is 6.77. The number of halogens is 3. The number of nitrogens with one attached hydrogen (secondary N) is 1. The van der Waals surface area contributed by atoms with E-state index in [0.717, 1.165) is 17.7 Å². The number of likely N-dealkylation sites (N-methyl/N-ethyl adjacent to an activating group) is 1. The van der Waals surface area contributed by atoms with Gasteiger partial charge in [0.2, 0.25) is 12.7 Å². The highest BCUT2D eigenvalue weighted by molar-refractivity contribution is 5.78. The van der Waals surface area contributed by atoms with Gasteiger partial charge in [0.25, 0.3) is 0 Å². The van der Waals surface area contributed by atoms with Crippen molar-refractivity contribution < 1.29 is 27.4 Å². The molecule has 0 aliphatic carbocycles. The Morgan fingerprint density at radius 2 is 1.82 bits per heavy atom. The number of hydrogen-bond acceptors (Lipinski definition) is 4. The summed E-state index contributed by atoms with van der Waals surface area (Å²) < 4.78 is 48.4. The van der Waals surface area contributed by atoms with Gasteiger partial charge in [-0.3, -0.25) is 9.69 Å². The Morgan fingerprint density at radius 1 is 1.14 bits per heavy atom. The fourth-order valence-electron chi connectivity index (χ4n) is 2.96. The number of amides is 1. The largest absolute Gasteiger partial charge is 0.454 e. The third-order valence-corrected chi connectivity index (χ3v) is 4.42. The lowest BCUT2D eigenvalue weighted by atomic mass is 10.1. The molecule has 0 aromatic heterocycles. The van der Waals surface area contributed by atoms with Gasteiger partial charge in [0.05, 0.1) is 18.2 Å². The maximum atomic E-state index is 12.6. The first-order valence-corrected chi connectivity index (χ1v) is 8.76. The number of alkyl halides is 3. The van der Waals surface area contributed by atoms with Crippen molar-refractivity contribution in [3.63, 3.8) is 0 Å². The molecule has 3 rings (SSSR count). The van der Waals surface area contributed by atoms with Crippen LogP contribution in [0.1, 0.15) is 29.7 Å². The van der Waals surface area contributed by atoms with Crippen molar-refractivity contribution in [3.8, 4) is 11.5 Å². The van der Waals surface area contributed by atoms with Crippen LogP contribution in [-0.4, -0.2) is 31.2 Å². The molecule has 2 aromatic carbocycles. The third kappa shape index (κ3) is 4.95. The molecule has 0 fully saturated rings. The topological polar surface area (TPSA) is 50.8 Å². The second kappa shape index (κ2) is 8.10. The Bertz CT molecular complexity index is 838. The van der Waals surface area contributed by atoms with Crippen molar-refractivity contribution in [3.05, 3.63) is 59.2 Å². The molecule has 1 atom stereocenters. The molecule has 8 heteroatoms. The summed E-state index contributed by atoms with van der Waals surface area (Å²) in [6, 6.07) is 10.2. The van der Waals surface area contributed by atoms with E-state index in [1.165, 1.54) is 12.1 Å². The van der Waals surface area contributed by atoms with E-state index in [1.54, 1.807) is 18.0 Å². The second-order valence-corrected chi connectivity index (χ2v) is 6.77. The average molecular weight is 394 g/mol. The van der Waals surface area contributed by atoms with Crippen molar-refractivity contribution >= 4 is 5.91 Å². The Hall–Kier alpha value is -2.74. The molecule has 0 radical (unpaired) electrons. The quantitative estimate of drug-likeness (QED) is 0.811. The maximum Gasteiger partial charge on any atom is 0.416 e. The molecule has 1 aliphatic rings. The fourth-order valence-corrected chi connectivity index (χ4v) is 2.96. The van der Waals surface area contributed by atoms with Gasteiger partial charge >= 0.3 is 6.18 Å². The van der Waals surface area contributed by atoms with Crippen molar-refractivity contribution in [2.75, 3.05) is 20.4 Å². The van der Waals surface area contributed by atoms with E-state index in [2.05, 4.69) is 5.32 Å². The molecule has 1 N–H and O–H groups in total. The van der Waals surface area contributed by atoms with Crippen LogP contribution in [0.5, 0.6) is 11.5 Å². The number of ether oxygens (including phenoxy) is 2. The highest BCUT2D eigenvalue weighted by Crippen LogP contribution is 2.34. The molecule has 0 spiro atoms. The molecule has 0 saturated heterocycles. The molecular formula is C20H21F3N2O3. The zero-order valence-electron chi connectivity index (χ0n) is 15.5. The molecule has 1 heterocycles. The van der Waals surface area contributed by atoms with Gasteiger partial charge in [-0.25, -0.2) is 0 Å². The van der Waals surface area contributed by atoms with Gasteiger partial charge in [0.1, 0.15) is 0 Å². The minimum atomic E-state index is -4.35. The molecule has 28 heavy (non-hydrogen) atoms. The molecule has 1 amide bonds. The maximum absolute atomic E-state index is 12.6. The molecule has 1 aliphatic heterocycles. The molecule has 2 aromatic rings. The summed E-state index contributed by atoms with van der Waals surface area (Å²) in [5.74, 6) is 1.15. The van der Waals surface area contributed by atoms with Gasteiger partial charge in [0, 0.05) is 6.54 Å². The van der Waals surface area contributed by atoms with Crippen LogP contribution in [0.2, 0.25) is 0 Å². The number of carbonyl (C=O) groups excluding carboxylic acids is 1. The number of fused-ring (bicyclic) bond motifs is 1. The summed E-state index contributed by atoms with van der Waals surface area (Å²) in [6.07, 6.45) is -4.35. The average Bonchev–Trinajstić information content (AvgIpc) is 3.08. The van der Waals surface area contributed by atoms with Crippen LogP contribution in [0.25, 0.3) is 0 Å². The Morgan fingerprint density at radius 3 is 2.50 bits per heavy atom. The van der Waals surface area contributed by atoms with Gasteiger partial charge < -0.3 is 14.8 Å². The standard InChI is InChI=1S/C20H21F3N2O3/c1-13(15-5-8-17-18(9-15)28-12-27-17)24-19(26)11-25(2)10-14-3-6-16(7-4-14)20(21,22)23/h3-9,13H,10-12H2,1-2H3,(H,24,26)/t13-/m0/s1. The molecule has 5 nitrogen and oxygen atoms in total. The molecular weight excluding hydrogens is 373 g/mol. The van der Waals surface area contributed by atoms with Gasteiger partial charge in [-0.2, -0.15) is 13.2 Å². The van der Waals surface area contributed by atoms with E-state index in [9.17, 15) is 18.0 Å². The van der Waals surface area contributed by atoms with E-state index in [-0.39, 0.29) is 25.3 Å². The van der Waals surface area contributed by atoms with Crippen LogP contribution >= 0.6 is 0 Å². The van der Waals surface area contributed by atoms with Crippen LogP contribution in [-0.2, 0) is 17.5 Å². The summed E-state index contributed by atoms with van der Waals surface area (Å²) in [6.45, 7) is 2.54. The zero-order chi connectivity index (χ0) is 20.3. The van der Waals surface area contributed by atoms with Gasteiger partial charge in [-0.1, -0.05) is 18.2 Å². The zero-order valence-corrected chi connectivity index (χ0v) is 15.5. The normalized spacial score (nSPS) is 14.2. The lowest BCUT2D eigenvalue weighted by Crippen LogP contribution is -2.36. The predicted octanol–water partition coefficient (Wildman–Crippen LogP) is 3.74. The highest BCUT2D eigenvalue weighted by atomic mass is 19.4. The van der Waals surface area contributed by atoms with E-state index < -0.39 is 11.7 Å². The monoisotopic (exact) mass is 394 g/mol. The van der Waals surface area contributed by atoms with Crippen molar-refractivity contribution in [2.24, 2.45) is 0 Å². The van der Waals surface area contributed by atoms with Gasteiger partial charge in [-0.15, -0.1) is 0 Å². The number of benzene rings is 2. The fraction of sp³-hybridized carbons (Fsp3) is 0.350. The van der Waals surface area contributed by atoms with Crippen LogP contribution in [0.15, 0.2) is 42.5 Å².